The Morgan fingerprint density at radius 2 is 2.17 bits per heavy atom. The molecule has 0 fully saturated rings. The van der Waals surface area contributed by atoms with Crippen LogP contribution in [0.1, 0.15) is 17.3 Å². The SMILES string of the molecule is CC(=O)c1cc(Br)cc(O)c1F. The van der Waals surface area contributed by atoms with E-state index in [2.05, 4.69) is 15.9 Å². The zero-order valence-electron chi connectivity index (χ0n) is 6.27. The van der Waals surface area contributed by atoms with Gasteiger partial charge in [-0.05, 0) is 19.1 Å². The number of halogens is 2. The van der Waals surface area contributed by atoms with Crippen molar-refractivity contribution in [2.75, 3.05) is 0 Å². The summed E-state index contributed by atoms with van der Waals surface area (Å²) >= 11 is 3.04. The maximum absolute atomic E-state index is 12.9. The van der Waals surface area contributed by atoms with Crippen molar-refractivity contribution in [3.63, 3.8) is 0 Å². The van der Waals surface area contributed by atoms with Crippen molar-refractivity contribution in [1.82, 2.24) is 0 Å². The lowest BCUT2D eigenvalue weighted by molar-refractivity contribution is 0.101. The van der Waals surface area contributed by atoms with Crippen molar-refractivity contribution in [3.8, 4) is 5.75 Å². The molecule has 0 saturated heterocycles. The molecule has 0 bridgehead atoms. The molecule has 0 atom stereocenters. The lowest BCUT2D eigenvalue weighted by Crippen LogP contribution is -1.96. The van der Waals surface area contributed by atoms with Crippen molar-refractivity contribution in [3.05, 3.63) is 28.0 Å². The highest BCUT2D eigenvalue weighted by atomic mass is 79.9. The fourth-order valence-corrected chi connectivity index (χ4v) is 1.28. The number of phenols is 1. The number of hydrogen-bond donors (Lipinski definition) is 1. The van der Waals surface area contributed by atoms with Crippen LogP contribution in [0.2, 0.25) is 0 Å². The third-order valence-electron chi connectivity index (χ3n) is 1.40. The molecule has 0 aliphatic rings. The van der Waals surface area contributed by atoms with E-state index in [1.807, 2.05) is 0 Å². The summed E-state index contributed by atoms with van der Waals surface area (Å²) in [6, 6.07) is 2.53. The van der Waals surface area contributed by atoms with Crippen LogP contribution >= 0.6 is 15.9 Å². The van der Waals surface area contributed by atoms with Gasteiger partial charge in [0.2, 0.25) is 0 Å². The molecule has 0 aliphatic heterocycles. The minimum Gasteiger partial charge on any atom is -0.505 e. The van der Waals surface area contributed by atoms with E-state index in [0.29, 0.717) is 4.47 Å². The number of Topliss-reactive ketones (excluding diaryl/α,β-unsaturated/α-hetero) is 1. The molecule has 2 nitrogen and oxygen atoms in total. The number of phenolic OH excluding ortho intramolecular Hbond substituents is 1. The number of benzene rings is 1. The number of rotatable bonds is 1. The molecule has 4 heteroatoms. The molecule has 0 spiro atoms. The van der Waals surface area contributed by atoms with Gasteiger partial charge in [0.15, 0.2) is 17.3 Å². The number of carbonyl (C=O) groups excluding carboxylic acids is 1. The average molecular weight is 233 g/mol. The molecular weight excluding hydrogens is 227 g/mol. The summed E-state index contributed by atoms with van der Waals surface area (Å²) in [6.07, 6.45) is 0. The van der Waals surface area contributed by atoms with Crippen LogP contribution in [0.4, 0.5) is 4.39 Å². The van der Waals surface area contributed by atoms with E-state index in [1.54, 1.807) is 0 Å². The quantitative estimate of drug-likeness (QED) is 0.756. The summed E-state index contributed by atoms with van der Waals surface area (Å²) in [5, 5.41) is 8.97. The smallest absolute Gasteiger partial charge is 0.175 e. The van der Waals surface area contributed by atoms with Gasteiger partial charge in [-0.2, -0.15) is 0 Å². The lowest BCUT2D eigenvalue weighted by Gasteiger charge is -2.01. The van der Waals surface area contributed by atoms with E-state index in [0.717, 1.165) is 0 Å². The maximum atomic E-state index is 12.9. The van der Waals surface area contributed by atoms with Gasteiger partial charge in [-0.25, -0.2) is 4.39 Å². The molecule has 64 valence electrons. The second kappa shape index (κ2) is 3.23. The predicted molar refractivity (Wildman–Crippen MR) is 45.8 cm³/mol. The first-order chi connectivity index (χ1) is 5.52. The van der Waals surface area contributed by atoms with Crippen LogP contribution in [-0.2, 0) is 0 Å². The highest BCUT2D eigenvalue weighted by molar-refractivity contribution is 9.10. The minimum absolute atomic E-state index is 0.109. The van der Waals surface area contributed by atoms with Gasteiger partial charge in [0.1, 0.15) is 0 Å². The molecule has 0 heterocycles. The van der Waals surface area contributed by atoms with Crippen LogP contribution in [0, 0.1) is 5.82 Å². The monoisotopic (exact) mass is 232 g/mol. The molecule has 0 aliphatic carbocycles. The zero-order chi connectivity index (χ0) is 9.30. The van der Waals surface area contributed by atoms with Crippen LogP contribution in [0.3, 0.4) is 0 Å². The Labute approximate surface area is 77.2 Å². The third kappa shape index (κ3) is 1.64. The summed E-state index contributed by atoms with van der Waals surface area (Å²) in [6.45, 7) is 1.24. The molecule has 0 aromatic heterocycles. The van der Waals surface area contributed by atoms with Gasteiger partial charge in [0, 0.05) is 4.47 Å². The standard InChI is InChI=1S/C8H6BrFO2/c1-4(11)6-2-5(9)3-7(12)8(6)10/h2-3,12H,1H3. The number of hydrogen-bond acceptors (Lipinski definition) is 2. The molecule has 1 aromatic rings. The predicted octanol–water partition coefficient (Wildman–Crippen LogP) is 2.50. The molecule has 0 radical (unpaired) electrons. The lowest BCUT2D eigenvalue weighted by atomic mass is 10.1. The number of aromatic hydroxyl groups is 1. The van der Waals surface area contributed by atoms with Crippen LogP contribution in [0.5, 0.6) is 5.75 Å². The van der Waals surface area contributed by atoms with Gasteiger partial charge in [-0.1, -0.05) is 15.9 Å². The zero-order valence-corrected chi connectivity index (χ0v) is 7.85. The summed E-state index contributed by atoms with van der Waals surface area (Å²) in [4.78, 5) is 10.8. The minimum atomic E-state index is -0.870. The summed E-state index contributed by atoms with van der Waals surface area (Å²) in [5.41, 5.74) is -0.109. The van der Waals surface area contributed by atoms with Crippen LogP contribution in [0.15, 0.2) is 16.6 Å². The first kappa shape index (κ1) is 9.19. The van der Waals surface area contributed by atoms with Gasteiger partial charge in [0.05, 0.1) is 5.56 Å². The summed E-state index contributed by atoms with van der Waals surface area (Å²) in [5.74, 6) is -1.80. The maximum Gasteiger partial charge on any atom is 0.175 e. The average Bonchev–Trinajstić information content (AvgIpc) is 1.96. The van der Waals surface area contributed by atoms with Gasteiger partial charge in [0.25, 0.3) is 0 Å². The Bertz CT molecular complexity index is 336. The van der Waals surface area contributed by atoms with Crippen LogP contribution in [0.25, 0.3) is 0 Å². The van der Waals surface area contributed by atoms with Crippen molar-refractivity contribution < 1.29 is 14.3 Å². The second-order valence-corrected chi connectivity index (χ2v) is 3.26. The largest absolute Gasteiger partial charge is 0.505 e. The summed E-state index contributed by atoms with van der Waals surface area (Å²) in [7, 11) is 0. The van der Waals surface area contributed by atoms with Crippen molar-refractivity contribution in [1.29, 1.82) is 0 Å². The molecule has 0 saturated carbocycles. The Balaban J connectivity index is 3.37. The molecule has 0 unspecified atom stereocenters. The summed E-state index contributed by atoms with van der Waals surface area (Å²) < 4.78 is 13.4. The normalized spacial score (nSPS) is 9.92. The van der Waals surface area contributed by atoms with Gasteiger partial charge < -0.3 is 5.11 Å². The molecule has 1 aromatic carbocycles. The number of carbonyl (C=O) groups is 1. The highest BCUT2D eigenvalue weighted by Gasteiger charge is 2.12. The fraction of sp³-hybridized carbons (Fsp3) is 0.125. The molecule has 0 amide bonds. The van der Waals surface area contributed by atoms with E-state index in [9.17, 15) is 9.18 Å². The van der Waals surface area contributed by atoms with Gasteiger partial charge >= 0.3 is 0 Å². The van der Waals surface area contributed by atoms with E-state index in [1.165, 1.54) is 19.1 Å². The highest BCUT2D eigenvalue weighted by Crippen LogP contribution is 2.25. The van der Waals surface area contributed by atoms with Crippen molar-refractivity contribution >= 4 is 21.7 Å². The van der Waals surface area contributed by atoms with E-state index >= 15 is 0 Å². The van der Waals surface area contributed by atoms with E-state index < -0.39 is 17.3 Å². The topological polar surface area (TPSA) is 37.3 Å². The Hall–Kier alpha value is -0.900. The molecular formula is C8H6BrFO2. The first-order valence-electron chi connectivity index (χ1n) is 3.21. The van der Waals surface area contributed by atoms with Crippen molar-refractivity contribution in [2.24, 2.45) is 0 Å². The molecule has 1 rings (SSSR count). The van der Waals surface area contributed by atoms with E-state index in [4.69, 9.17) is 5.11 Å². The molecule has 1 N–H and O–H groups in total. The fourth-order valence-electron chi connectivity index (χ4n) is 0.831. The first-order valence-corrected chi connectivity index (χ1v) is 4.00. The Kier molecular flexibility index (Phi) is 2.47. The van der Waals surface area contributed by atoms with Crippen molar-refractivity contribution in [2.45, 2.75) is 6.92 Å². The molecule has 12 heavy (non-hydrogen) atoms. The van der Waals surface area contributed by atoms with E-state index in [-0.39, 0.29) is 5.56 Å². The van der Waals surface area contributed by atoms with Gasteiger partial charge in [-0.15, -0.1) is 0 Å². The van der Waals surface area contributed by atoms with Crippen LogP contribution < -0.4 is 0 Å². The Morgan fingerprint density at radius 1 is 1.58 bits per heavy atom. The second-order valence-electron chi connectivity index (χ2n) is 2.34. The Morgan fingerprint density at radius 3 is 2.67 bits per heavy atom. The van der Waals surface area contributed by atoms with Crippen LogP contribution in [-0.4, -0.2) is 10.9 Å². The van der Waals surface area contributed by atoms with Gasteiger partial charge in [-0.3, -0.25) is 4.79 Å². The number of ketones is 1. The third-order valence-corrected chi connectivity index (χ3v) is 1.86.